The van der Waals surface area contributed by atoms with Crippen LogP contribution in [0.4, 0.5) is 16.5 Å². The second-order valence-corrected chi connectivity index (χ2v) is 8.92. The van der Waals surface area contributed by atoms with E-state index in [1.54, 1.807) is 41.9 Å². The molecule has 0 bridgehead atoms. The van der Waals surface area contributed by atoms with Crippen molar-refractivity contribution in [1.29, 1.82) is 0 Å². The van der Waals surface area contributed by atoms with Gasteiger partial charge >= 0.3 is 0 Å². The predicted octanol–water partition coefficient (Wildman–Crippen LogP) is 4.63. The maximum atomic E-state index is 13.1. The van der Waals surface area contributed by atoms with E-state index in [0.717, 1.165) is 42.9 Å². The van der Waals surface area contributed by atoms with Gasteiger partial charge in [-0.2, -0.15) is 0 Å². The summed E-state index contributed by atoms with van der Waals surface area (Å²) in [4.78, 5) is 38.7. The van der Waals surface area contributed by atoms with E-state index in [9.17, 15) is 9.59 Å². The molecule has 9 heteroatoms. The number of carbonyl (C=O) groups excluding carboxylic acids is 2. The summed E-state index contributed by atoms with van der Waals surface area (Å²) < 4.78 is 5.27. The number of fused-ring (bicyclic) bond motifs is 1. The normalized spacial score (nSPS) is 12.9. The third-order valence-corrected chi connectivity index (χ3v) is 6.59. The topological polar surface area (TPSA) is 87.7 Å². The molecule has 3 aromatic rings. The monoisotopic (exact) mass is 479 g/mol. The molecule has 178 valence electrons. The van der Waals surface area contributed by atoms with Crippen LogP contribution in [-0.2, 0) is 6.42 Å². The second kappa shape index (κ2) is 10.6. The molecule has 0 unspecified atom stereocenters. The first-order chi connectivity index (χ1) is 16.5. The molecule has 1 N–H and O–H groups in total. The number of nitrogens with zero attached hydrogens (tertiary/aromatic N) is 4. The lowest BCUT2D eigenvalue weighted by Gasteiger charge is -2.26. The van der Waals surface area contributed by atoms with Gasteiger partial charge in [0.2, 0.25) is 0 Å². The fourth-order valence-electron chi connectivity index (χ4n) is 4.10. The molecule has 0 saturated heterocycles. The predicted molar refractivity (Wildman–Crippen MR) is 135 cm³/mol. The van der Waals surface area contributed by atoms with E-state index in [4.69, 9.17) is 4.74 Å². The summed E-state index contributed by atoms with van der Waals surface area (Å²) in [5.41, 5.74) is 3.48. The van der Waals surface area contributed by atoms with Crippen LogP contribution >= 0.6 is 11.3 Å². The average molecular weight is 480 g/mol. The van der Waals surface area contributed by atoms with Gasteiger partial charge in [0.05, 0.1) is 24.7 Å². The molecule has 1 aliphatic rings. The first kappa shape index (κ1) is 23.7. The first-order valence-electron chi connectivity index (χ1n) is 11.5. The third-order valence-electron chi connectivity index (χ3n) is 5.72. The molecule has 0 saturated carbocycles. The van der Waals surface area contributed by atoms with E-state index >= 15 is 0 Å². The van der Waals surface area contributed by atoms with Crippen LogP contribution in [0.1, 0.15) is 53.1 Å². The largest absolute Gasteiger partial charge is 0.497 e. The number of thiazole rings is 1. The van der Waals surface area contributed by atoms with E-state index in [-0.39, 0.29) is 17.5 Å². The number of amides is 2. The lowest BCUT2D eigenvalue weighted by Crippen LogP contribution is -2.37. The molecule has 0 spiro atoms. The first-order valence-corrected chi connectivity index (χ1v) is 12.4. The number of hydrogen-bond donors (Lipinski definition) is 1. The number of hydrogen-bond acceptors (Lipinski definition) is 7. The molecule has 2 aromatic heterocycles. The Morgan fingerprint density at radius 2 is 2.03 bits per heavy atom. The zero-order valence-electron chi connectivity index (χ0n) is 19.7. The molecule has 1 aliphatic heterocycles. The fourth-order valence-corrected chi connectivity index (χ4v) is 4.93. The number of benzene rings is 1. The van der Waals surface area contributed by atoms with Crippen molar-refractivity contribution in [3.63, 3.8) is 0 Å². The van der Waals surface area contributed by atoms with Crippen molar-refractivity contribution >= 4 is 39.7 Å². The Kier molecular flexibility index (Phi) is 7.42. The van der Waals surface area contributed by atoms with Crippen LogP contribution in [0.25, 0.3) is 0 Å². The molecule has 8 nitrogen and oxygen atoms in total. The Balaban J connectivity index is 1.51. The van der Waals surface area contributed by atoms with Crippen molar-refractivity contribution in [2.45, 2.75) is 33.1 Å². The Bertz CT molecular complexity index is 1170. The highest BCUT2D eigenvalue weighted by molar-refractivity contribution is 7.14. The minimum absolute atomic E-state index is 0.116. The second-order valence-electron chi connectivity index (χ2n) is 8.08. The summed E-state index contributed by atoms with van der Waals surface area (Å²) in [5.74, 6) is 0.299. The van der Waals surface area contributed by atoms with Crippen LogP contribution in [0.2, 0.25) is 0 Å². The van der Waals surface area contributed by atoms with Crippen LogP contribution in [0.5, 0.6) is 5.75 Å². The number of methoxy groups -OCH3 is 1. The Morgan fingerprint density at radius 1 is 1.24 bits per heavy atom. The standard InChI is InChI=1S/C25H29N5O3S/c1-4-11-29(12-5-2)22-8-10-26-15-20(22)27-23(31)21-16-34-25(28-21)30-13-9-17-14-18(33-3)6-7-19(17)24(30)32/h6-8,10,14-16H,4-5,9,11-13H2,1-3H3,(H,27,31). The Hall–Kier alpha value is -3.46. The van der Waals surface area contributed by atoms with Crippen molar-refractivity contribution in [1.82, 2.24) is 9.97 Å². The van der Waals surface area contributed by atoms with Crippen LogP contribution < -0.4 is 19.9 Å². The van der Waals surface area contributed by atoms with Crippen molar-refractivity contribution in [2.24, 2.45) is 0 Å². The summed E-state index contributed by atoms with van der Waals surface area (Å²) >= 11 is 1.29. The fraction of sp³-hybridized carbons (Fsp3) is 0.360. The summed E-state index contributed by atoms with van der Waals surface area (Å²) in [7, 11) is 1.61. The number of carbonyl (C=O) groups is 2. The van der Waals surface area contributed by atoms with Gasteiger partial charge in [0.25, 0.3) is 11.8 Å². The summed E-state index contributed by atoms with van der Waals surface area (Å²) in [6, 6.07) is 7.39. The van der Waals surface area contributed by atoms with Crippen molar-refractivity contribution in [3.05, 3.63) is 58.9 Å². The van der Waals surface area contributed by atoms with Crippen molar-refractivity contribution < 1.29 is 14.3 Å². The van der Waals surface area contributed by atoms with E-state index in [0.29, 0.717) is 29.3 Å². The zero-order valence-corrected chi connectivity index (χ0v) is 20.5. The molecular weight excluding hydrogens is 450 g/mol. The minimum atomic E-state index is -0.320. The molecular formula is C25H29N5O3S. The molecule has 4 rings (SSSR count). The quantitative estimate of drug-likeness (QED) is 0.482. The van der Waals surface area contributed by atoms with Crippen LogP contribution in [-0.4, -0.2) is 48.5 Å². The van der Waals surface area contributed by atoms with Crippen LogP contribution in [0.3, 0.4) is 0 Å². The van der Waals surface area contributed by atoms with Crippen molar-refractivity contribution in [2.75, 3.05) is 41.9 Å². The maximum absolute atomic E-state index is 13.1. The van der Waals surface area contributed by atoms with Gasteiger partial charge in [-0.05, 0) is 49.1 Å². The third kappa shape index (κ3) is 4.89. The molecule has 0 radical (unpaired) electrons. The van der Waals surface area contributed by atoms with Crippen LogP contribution in [0.15, 0.2) is 42.0 Å². The Morgan fingerprint density at radius 3 is 2.76 bits per heavy atom. The maximum Gasteiger partial charge on any atom is 0.275 e. The number of pyridine rings is 1. The zero-order chi connectivity index (χ0) is 24.1. The molecule has 34 heavy (non-hydrogen) atoms. The van der Waals surface area contributed by atoms with Gasteiger partial charge in [-0.3, -0.25) is 19.5 Å². The number of rotatable bonds is 9. The number of anilines is 3. The molecule has 0 atom stereocenters. The van der Waals surface area contributed by atoms with Gasteiger partial charge in [0.15, 0.2) is 5.13 Å². The highest BCUT2D eigenvalue weighted by Crippen LogP contribution is 2.30. The molecule has 2 amide bonds. The van der Waals surface area contributed by atoms with E-state index in [2.05, 4.69) is 34.0 Å². The Labute approximate surface area is 203 Å². The van der Waals surface area contributed by atoms with Gasteiger partial charge in [0, 0.05) is 36.8 Å². The van der Waals surface area contributed by atoms with Gasteiger partial charge in [-0.1, -0.05) is 13.8 Å². The van der Waals surface area contributed by atoms with Gasteiger partial charge < -0.3 is 15.0 Å². The van der Waals surface area contributed by atoms with Crippen molar-refractivity contribution in [3.8, 4) is 5.75 Å². The van der Waals surface area contributed by atoms with Crippen LogP contribution in [0, 0.1) is 0 Å². The molecule has 3 heterocycles. The smallest absolute Gasteiger partial charge is 0.275 e. The molecule has 0 aliphatic carbocycles. The number of nitrogens with one attached hydrogen (secondary N) is 1. The van der Waals surface area contributed by atoms with Gasteiger partial charge in [0.1, 0.15) is 11.4 Å². The highest BCUT2D eigenvalue weighted by Gasteiger charge is 2.28. The number of ether oxygens (including phenoxy) is 1. The summed E-state index contributed by atoms with van der Waals surface area (Å²) in [6.07, 6.45) is 6.11. The average Bonchev–Trinajstić information content (AvgIpc) is 3.34. The highest BCUT2D eigenvalue weighted by atomic mass is 32.1. The lowest BCUT2D eigenvalue weighted by molar-refractivity contribution is 0.0977. The molecule has 1 aromatic carbocycles. The SMILES string of the molecule is CCCN(CCC)c1ccncc1NC(=O)c1csc(N2CCc3cc(OC)ccc3C2=O)n1. The van der Waals surface area contributed by atoms with E-state index < -0.39 is 0 Å². The van der Waals surface area contributed by atoms with Gasteiger partial charge in [-0.25, -0.2) is 4.98 Å². The lowest BCUT2D eigenvalue weighted by atomic mass is 9.99. The van der Waals surface area contributed by atoms with E-state index in [1.807, 2.05) is 12.1 Å². The van der Waals surface area contributed by atoms with Gasteiger partial charge in [-0.15, -0.1) is 11.3 Å². The summed E-state index contributed by atoms with van der Waals surface area (Å²) in [6.45, 7) is 6.56. The van der Waals surface area contributed by atoms with E-state index in [1.165, 1.54) is 11.3 Å². The number of aromatic nitrogens is 2. The summed E-state index contributed by atoms with van der Waals surface area (Å²) in [5, 5.41) is 5.17. The minimum Gasteiger partial charge on any atom is -0.497 e. The molecule has 0 fully saturated rings.